The average Bonchev–Trinajstić information content (AvgIpc) is 2.58. The minimum atomic E-state index is -3.42. The highest BCUT2D eigenvalue weighted by atomic mass is 32.2. The highest BCUT2D eigenvalue weighted by molar-refractivity contribution is 7.89. The van der Waals surface area contributed by atoms with Crippen molar-refractivity contribution in [3.05, 3.63) is 66.0 Å². The van der Waals surface area contributed by atoms with Gasteiger partial charge in [0.25, 0.3) is 0 Å². The lowest BCUT2D eigenvalue weighted by molar-refractivity contribution is -0.917. The lowest BCUT2D eigenvalue weighted by atomic mass is 10.2. The molecule has 1 aliphatic heterocycles. The first kappa shape index (κ1) is 16.1. The molecule has 6 heteroatoms. The summed E-state index contributed by atoms with van der Waals surface area (Å²) in [6.07, 6.45) is 0. The molecule has 1 saturated heterocycles. The molecule has 3 rings (SSSR count). The smallest absolute Gasteiger partial charge is 0.243 e. The summed E-state index contributed by atoms with van der Waals surface area (Å²) in [6, 6.07) is 15.3. The first-order valence-corrected chi connectivity index (χ1v) is 9.13. The Morgan fingerprint density at radius 2 is 1.57 bits per heavy atom. The van der Waals surface area contributed by atoms with Crippen LogP contribution in [0.15, 0.2) is 59.5 Å². The van der Waals surface area contributed by atoms with Crippen molar-refractivity contribution < 1.29 is 17.7 Å². The molecule has 0 aromatic heterocycles. The van der Waals surface area contributed by atoms with E-state index in [0.29, 0.717) is 43.2 Å². The Morgan fingerprint density at radius 1 is 0.957 bits per heavy atom. The van der Waals surface area contributed by atoms with Gasteiger partial charge in [0.05, 0.1) is 31.1 Å². The van der Waals surface area contributed by atoms with Gasteiger partial charge < -0.3 is 4.90 Å². The van der Waals surface area contributed by atoms with Gasteiger partial charge in [-0.15, -0.1) is 0 Å². The van der Waals surface area contributed by atoms with Crippen molar-refractivity contribution in [3.63, 3.8) is 0 Å². The van der Waals surface area contributed by atoms with E-state index in [1.54, 1.807) is 42.5 Å². The zero-order valence-electron chi connectivity index (χ0n) is 12.8. The van der Waals surface area contributed by atoms with Gasteiger partial charge in [-0.1, -0.05) is 36.4 Å². The predicted octanol–water partition coefficient (Wildman–Crippen LogP) is 0.915. The molecule has 0 radical (unpaired) electrons. The molecule has 2 aromatic carbocycles. The molecule has 122 valence electrons. The zero-order valence-corrected chi connectivity index (χ0v) is 13.6. The molecule has 1 aliphatic rings. The van der Waals surface area contributed by atoms with Crippen molar-refractivity contribution in [2.45, 2.75) is 11.4 Å². The summed E-state index contributed by atoms with van der Waals surface area (Å²) in [6.45, 7) is 2.87. The Labute approximate surface area is 136 Å². The first-order valence-electron chi connectivity index (χ1n) is 7.69. The SMILES string of the molecule is O=S(=O)(c1ccccc1)N1CC[NH+](Cc2ccccc2F)CC1. The second-order valence-electron chi connectivity index (χ2n) is 5.74. The van der Waals surface area contributed by atoms with Crippen molar-refractivity contribution >= 4 is 10.0 Å². The Kier molecular flexibility index (Phi) is 4.75. The number of halogens is 1. The van der Waals surface area contributed by atoms with Crippen LogP contribution < -0.4 is 4.90 Å². The average molecular weight is 335 g/mol. The van der Waals surface area contributed by atoms with Crippen molar-refractivity contribution in [1.29, 1.82) is 0 Å². The molecule has 1 N–H and O–H groups in total. The van der Waals surface area contributed by atoms with Crippen LogP contribution in [0.1, 0.15) is 5.56 Å². The maximum atomic E-state index is 13.7. The summed E-state index contributed by atoms with van der Waals surface area (Å²) in [5.74, 6) is -0.195. The van der Waals surface area contributed by atoms with Crippen LogP contribution in [0.2, 0.25) is 0 Å². The molecule has 23 heavy (non-hydrogen) atoms. The van der Waals surface area contributed by atoms with Gasteiger partial charge in [-0.2, -0.15) is 4.31 Å². The molecule has 1 fully saturated rings. The number of hydrogen-bond acceptors (Lipinski definition) is 2. The van der Waals surface area contributed by atoms with E-state index < -0.39 is 10.0 Å². The summed E-state index contributed by atoms with van der Waals surface area (Å²) in [7, 11) is -3.42. The maximum absolute atomic E-state index is 13.7. The van der Waals surface area contributed by atoms with Gasteiger partial charge in [-0.05, 0) is 18.2 Å². The van der Waals surface area contributed by atoms with Gasteiger partial charge in [0, 0.05) is 5.56 Å². The van der Waals surface area contributed by atoms with E-state index in [0.717, 1.165) is 0 Å². The first-order chi connectivity index (χ1) is 11.1. The van der Waals surface area contributed by atoms with Crippen LogP contribution in [0.25, 0.3) is 0 Å². The van der Waals surface area contributed by atoms with Gasteiger partial charge >= 0.3 is 0 Å². The molecular weight excluding hydrogens is 315 g/mol. The second-order valence-corrected chi connectivity index (χ2v) is 7.67. The molecule has 1 heterocycles. The van der Waals surface area contributed by atoms with E-state index in [4.69, 9.17) is 0 Å². The molecule has 4 nitrogen and oxygen atoms in total. The third kappa shape index (κ3) is 3.60. The van der Waals surface area contributed by atoms with Gasteiger partial charge in [-0.3, -0.25) is 0 Å². The normalized spacial score (nSPS) is 17.3. The summed E-state index contributed by atoms with van der Waals surface area (Å²) >= 11 is 0. The van der Waals surface area contributed by atoms with E-state index in [1.807, 2.05) is 6.07 Å². The number of hydrogen-bond donors (Lipinski definition) is 1. The fraction of sp³-hybridized carbons (Fsp3) is 0.294. The second kappa shape index (κ2) is 6.78. The van der Waals surface area contributed by atoms with Crippen molar-refractivity contribution in [1.82, 2.24) is 4.31 Å². The van der Waals surface area contributed by atoms with Crippen LogP contribution in [-0.4, -0.2) is 38.9 Å². The molecule has 0 spiro atoms. The minimum Gasteiger partial charge on any atom is -0.329 e. The third-order valence-electron chi connectivity index (χ3n) is 4.21. The molecule has 0 saturated carbocycles. The summed E-state index contributed by atoms with van der Waals surface area (Å²) in [4.78, 5) is 1.53. The third-order valence-corrected chi connectivity index (χ3v) is 6.12. The van der Waals surface area contributed by atoms with Gasteiger partial charge in [0.2, 0.25) is 10.0 Å². The van der Waals surface area contributed by atoms with Crippen LogP contribution >= 0.6 is 0 Å². The number of sulfonamides is 1. The lowest BCUT2D eigenvalue weighted by Crippen LogP contribution is -3.13. The van der Waals surface area contributed by atoms with Crippen molar-refractivity contribution in [2.75, 3.05) is 26.2 Å². The van der Waals surface area contributed by atoms with E-state index in [2.05, 4.69) is 0 Å². The monoisotopic (exact) mass is 335 g/mol. The van der Waals surface area contributed by atoms with Gasteiger partial charge in [0.15, 0.2) is 0 Å². The highest BCUT2D eigenvalue weighted by Crippen LogP contribution is 2.15. The Balaban J connectivity index is 1.64. The topological polar surface area (TPSA) is 41.8 Å². The largest absolute Gasteiger partial charge is 0.329 e. The molecular formula is C17H20FN2O2S+. The standard InChI is InChI=1S/C17H19FN2O2S/c18-17-9-5-4-6-15(17)14-19-10-12-20(13-11-19)23(21,22)16-7-2-1-3-8-16/h1-9H,10-14H2/p+1. The number of piperazine rings is 1. The van der Waals surface area contributed by atoms with E-state index >= 15 is 0 Å². The molecule has 0 bridgehead atoms. The number of rotatable bonds is 4. The maximum Gasteiger partial charge on any atom is 0.243 e. The fourth-order valence-electron chi connectivity index (χ4n) is 2.87. The molecule has 0 amide bonds. The summed E-state index contributed by atoms with van der Waals surface area (Å²) < 4.78 is 40.4. The Morgan fingerprint density at radius 3 is 2.22 bits per heavy atom. The number of benzene rings is 2. The molecule has 0 unspecified atom stereocenters. The number of quaternary nitrogens is 1. The van der Waals surface area contributed by atoms with Crippen LogP contribution in [-0.2, 0) is 16.6 Å². The minimum absolute atomic E-state index is 0.195. The van der Waals surface area contributed by atoms with Crippen LogP contribution in [0, 0.1) is 5.82 Å². The summed E-state index contributed by atoms with van der Waals surface area (Å²) in [5, 5.41) is 0. The van der Waals surface area contributed by atoms with E-state index in [1.165, 1.54) is 15.3 Å². The number of nitrogens with zero attached hydrogens (tertiary/aromatic N) is 1. The molecule has 0 aliphatic carbocycles. The Hall–Kier alpha value is -1.76. The summed E-state index contributed by atoms with van der Waals surface area (Å²) in [5.41, 5.74) is 0.682. The van der Waals surface area contributed by atoms with Crippen molar-refractivity contribution in [3.8, 4) is 0 Å². The zero-order chi connectivity index (χ0) is 16.3. The Bertz CT molecular complexity index is 757. The number of nitrogens with one attached hydrogen (secondary N) is 1. The van der Waals surface area contributed by atoms with Gasteiger partial charge in [0.1, 0.15) is 12.4 Å². The van der Waals surface area contributed by atoms with E-state index in [-0.39, 0.29) is 5.82 Å². The molecule has 0 atom stereocenters. The van der Waals surface area contributed by atoms with Crippen LogP contribution in [0.4, 0.5) is 4.39 Å². The highest BCUT2D eigenvalue weighted by Gasteiger charge is 2.30. The van der Waals surface area contributed by atoms with Crippen LogP contribution in [0.5, 0.6) is 0 Å². The van der Waals surface area contributed by atoms with Crippen molar-refractivity contribution in [2.24, 2.45) is 0 Å². The van der Waals surface area contributed by atoms with E-state index in [9.17, 15) is 12.8 Å². The molecule has 2 aromatic rings. The van der Waals surface area contributed by atoms with Gasteiger partial charge in [-0.25, -0.2) is 12.8 Å². The lowest BCUT2D eigenvalue weighted by Gasteiger charge is -2.31. The van der Waals surface area contributed by atoms with Crippen LogP contribution in [0.3, 0.4) is 0 Å². The fourth-order valence-corrected chi connectivity index (χ4v) is 4.33. The quantitative estimate of drug-likeness (QED) is 0.903. The predicted molar refractivity (Wildman–Crippen MR) is 86.0 cm³/mol.